The summed E-state index contributed by atoms with van der Waals surface area (Å²) < 4.78 is 0. The Hall–Kier alpha value is -1.88. The molecule has 2 rings (SSSR count). The quantitative estimate of drug-likeness (QED) is 0.779. The summed E-state index contributed by atoms with van der Waals surface area (Å²) in [6.45, 7) is 1.95. The molecule has 0 unspecified atom stereocenters. The number of hydrogen-bond donors (Lipinski definition) is 2. The average molecular weight is 237 g/mol. The predicted molar refractivity (Wildman–Crippen MR) is 59.9 cm³/mol. The fraction of sp³-hybridized carbons (Fsp3) is 0.100. The second kappa shape index (κ2) is 4.32. The molecule has 1 aromatic heterocycles. The number of H-pyrrole nitrogens is 1. The maximum Gasteiger partial charge on any atom is 0.302 e. The van der Waals surface area contributed by atoms with Crippen molar-refractivity contribution >= 4 is 17.7 Å². The van der Waals surface area contributed by atoms with Crippen molar-refractivity contribution in [2.24, 2.45) is 0 Å². The third-order valence-corrected chi connectivity index (χ3v) is 2.34. The predicted octanol–water partition coefficient (Wildman–Crippen LogP) is 1.66. The van der Waals surface area contributed by atoms with Crippen LogP contribution in [0.25, 0.3) is 11.4 Å². The average Bonchev–Trinajstić information content (AvgIpc) is 2.78. The number of nitrogens with one attached hydrogen (secondary N) is 2. The van der Waals surface area contributed by atoms with Crippen LogP contribution in [-0.4, -0.2) is 21.1 Å². The number of carbonyl (C=O) groups is 1. The van der Waals surface area contributed by atoms with Crippen molar-refractivity contribution in [2.75, 3.05) is 0 Å². The zero-order valence-electron chi connectivity index (χ0n) is 8.49. The Morgan fingerprint density at radius 3 is 2.88 bits per heavy atom. The molecule has 1 heterocycles. The SMILES string of the molecule is Cc1ccccc1-c1n[nH]c(C(=O)NCl)n1. The van der Waals surface area contributed by atoms with Crippen LogP contribution in [-0.2, 0) is 0 Å². The van der Waals surface area contributed by atoms with Gasteiger partial charge in [-0.15, -0.1) is 0 Å². The van der Waals surface area contributed by atoms with E-state index in [0.717, 1.165) is 11.1 Å². The molecule has 0 radical (unpaired) electrons. The van der Waals surface area contributed by atoms with Crippen LogP contribution >= 0.6 is 11.8 Å². The number of benzene rings is 1. The molecule has 0 aliphatic rings. The Bertz CT molecular complexity index is 523. The summed E-state index contributed by atoms with van der Waals surface area (Å²) in [7, 11) is 0. The Labute approximate surface area is 97.0 Å². The molecule has 0 aliphatic heterocycles. The maximum absolute atomic E-state index is 11.2. The molecule has 2 aromatic rings. The summed E-state index contributed by atoms with van der Waals surface area (Å²) in [5.41, 5.74) is 1.92. The summed E-state index contributed by atoms with van der Waals surface area (Å²) in [6, 6.07) is 7.66. The molecule has 1 amide bonds. The van der Waals surface area contributed by atoms with E-state index in [2.05, 4.69) is 15.2 Å². The highest BCUT2D eigenvalue weighted by molar-refractivity contribution is 6.23. The first-order valence-corrected chi connectivity index (χ1v) is 4.99. The van der Waals surface area contributed by atoms with Crippen LogP contribution in [0.4, 0.5) is 0 Å². The van der Waals surface area contributed by atoms with Crippen molar-refractivity contribution in [3.63, 3.8) is 0 Å². The summed E-state index contributed by atoms with van der Waals surface area (Å²) in [5.74, 6) is 0.0654. The zero-order chi connectivity index (χ0) is 11.5. The molecule has 0 fully saturated rings. The van der Waals surface area contributed by atoms with Crippen molar-refractivity contribution in [3.05, 3.63) is 35.7 Å². The molecule has 0 saturated carbocycles. The Morgan fingerprint density at radius 2 is 2.19 bits per heavy atom. The first-order chi connectivity index (χ1) is 7.72. The van der Waals surface area contributed by atoms with Crippen LogP contribution in [0, 0.1) is 6.92 Å². The van der Waals surface area contributed by atoms with E-state index in [9.17, 15) is 4.79 Å². The molecular formula is C10H9ClN4O. The minimum atomic E-state index is -0.506. The molecule has 82 valence electrons. The van der Waals surface area contributed by atoms with E-state index in [-0.39, 0.29) is 5.82 Å². The highest BCUT2D eigenvalue weighted by Crippen LogP contribution is 2.18. The summed E-state index contributed by atoms with van der Waals surface area (Å²) in [6.07, 6.45) is 0. The van der Waals surface area contributed by atoms with Crippen LogP contribution in [0.5, 0.6) is 0 Å². The normalized spacial score (nSPS) is 10.1. The number of rotatable bonds is 2. The maximum atomic E-state index is 11.2. The number of aromatic amines is 1. The number of halogens is 1. The van der Waals surface area contributed by atoms with E-state index in [4.69, 9.17) is 11.8 Å². The number of amides is 1. The Kier molecular flexibility index (Phi) is 2.87. The monoisotopic (exact) mass is 236 g/mol. The second-order valence-electron chi connectivity index (χ2n) is 3.25. The summed E-state index contributed by atoms with van der Waals surface area (Å²) in [5, 5.41) is 6.49. The number of nitrogens with zero attached hydrogens (tertiary/aromatic N) is 2. The molecule has 0 aliphatic carbocycles. The number of hydrogen-bond acceptors (Lipinski definition) is 3. The fourth-order valence-electron chi connectivity index (χ4n) is 1.35. The van der Waals surface area contributed by atoms with Crippen LogP contribution < -0.4 is 4.84 Å². The third kappa shape index (κ3) is 1.90. The highest BCUT2D eigenvalue weighted by Gasteiger charge is 2.12. The molecule has 0 spiro atoms. The van der Waals surface area contributed by atoms with Gasteiger partial charge in [0.25, 0.3) is 0 Å². The molecule has 0 saturated heterocycles. The van der Waals surface area contributed by atoms with E-state index in [0.29, 0.717) is 5.82 Å². The van der Waals surface area contributed by atoms with Gasteiger partial charge in [-0.3, -0.25) is 14.7 Å². The lowest BCUT2D eigenvalue weighted by Gasteiger charge is -1.98. The topological polar surface area (TPSA) is 70.7 Å². The molecule has 0 bridgehead atoms. The van der Waals surface area contributed by atoms with Gasteiger partial charge in [0.05, 0.1) is 0 Å². The van der Waals surface area contributed by atoms with E-state index < -0.39 is 5.91 Å². The summed E-state index contributed by atoms with van der Waals surface area (Å²) in [4.78, 5) is 17.2. The largest absolute Gasteiger partial charge is 0.302 e. The Balaban J connectivity index is 2.39. The van der Waals surface area contributed by atoms with E-state index >= 15 is 0 Å². The van der Waals surface area contributed by atoms with Gasteiger partial charge >= 0.3 is 5.91 Å². The number of aromatic nitrogens is 3. The van der Waals surface area contributed by atoms with Crippen LogP contribution in [0.2, 0.25) is 0 Å². The van der Waals surface area contributed by atoms with E-state index in [1.165, 1.54) is 0 Å². The third-order valence-electron chi connectivity index (χ3n) is 2.17. The van der Waals surface area contributed by atoms with Gasteiger partial charge in [-0.25, -0.2) is 4.98 Å². The van der Waals surface area contributed by atoms with E-state index in [1.807, 2.05) is 36.0 Å². The van der Waals surface area contributed by atoms with Gasteiger partial charge in [0.1, 0.15) is 0 Å². The highest BCUT2D eigenvalue weighted by atomic mass is 35.5. The smallest absolute Gasteiger partial charge is 0.264 e. The van der Waals surface area contributed by atoms with Gasteiger partial charge in [0.15, 0.2) is 5.82 Å². The molecule has 1 aromatic carbocycles. The zero-order valence-corrected chi connectivity index (χ0v) is 9.25. The minimum Gasteiger partial charge on any atom is -0.264 e. The van der Waals surface area contributed by atoms with Crippen molar-refractivity contribution in [1.82, 2.24) is 20.0 Å². The van der Waals surface area contributed by atoms with Crippen LogP contribution in [0.15, 0.2) is 24.3 Å². The van der Waals surface area contributed by atoms with Crippen LogP contribution in [0.1, 0.15) is 16.2 Å². The summed E-state index contributed by atoms with van der Waals surface area (Å²) >= 11 is 5.19. The van der Waals surface area contributed by atoms with Crippen molar-refractivity contribution in [3.8, 4) is 11.4 Å². The molecule has 2 N–H and O–H groups in total. The van der Waals surface area contributed by atoms with Crippen molar-refractivity contribution in [1.29, 1.82) is 0 Å². The lowest BCUT2D eigenvalue weighted by Crippen LogP contribution is -2.14. The second-order valence-corrected chi connectivity index (χ2v) is 3.44. The first kappa shape index (κ1) is 10.6. The van der Waals surface area contributed by atoms with Crippen molar-refractivity contribution in [2.45, 2.75) is 6.92 Å². The van der Waals surface area contributed by atoms with Crippen molar-refractivity contribution < 1.29 is 4.79 Å². The van der Waals surface area contributed by atoms with Gasteiger partial charge in [-0.05, 0) is 12.5 Å². The minimum absolute atomic E-state index is 0.0910. The van der Waals surface area contributed by atoms with Gasteiger partial charge < -0.3 is 0 Å². The Morgan fingerprint density at radius 1 is 1.44 bits per heavy atom. The van der Waals surface area contributed by atoms with Gasteiger partial charge in [-0.2, -0.15) is 5.10 Å². The fourth-order valence-corrected chi connectivity index (χ4v) is 1.44. The lowest BCUT2D eigenvalue weighted by molar-refractivity contribution is 0.0972. The van der Waals surface area contributed by atoms with Gasteiger partial charge in [0, 0.05) is 17.3 Å². The number of carbonyl (C=O) groups excluding carboxylic acids is 1. The molecule has 6 heteroatoms. The standard InChI is InChI=1S/C10H9ClN4O/c1-6-4-2-3-5-7(6)8-12-9(15-14-8)10(16)13-11/h2-5H,1H3,(H,13,16)(H,12,14,15). The first-order valence-electron chi connectivity index (χ1n) is 4.61. The molecule has 5 nitrogen and oxygen atoms in total. The molecule has 16 heavy (non-hydrogen) atoms. The molecular weight excluding hydrogens is 228 g/mol. The number of aryl methyl sites for hydroxylation is 1. The molecule has 0 atom stereocenters. The van der Waals surface area contributed by atoms with Gasteiger partial charge in [0.2, 0.25) is 5.82 Å². The lowest BCUT2D eigenvalue weighted by atomic mass is 10.1. The van der Waals surface area contributed by atoms with E-state index in [1.54, 1.807) is 0 Å². The van der Waals surface area contributed by atoms with Gasteiger partial charge in [-0.1, -0.05) is 24.3 Å². The van der Waals surface area contributed by atoms with Crippen LogP contribution in [0.3, 0.4) is 0 Å².